The molecule has 0 bridgehead atoms. The van der Waals surface area contributed by atoms with Crippen molar-refractivity contribution in [2.24, 2.45) is 14.1 Å². The topological polar surface area (TPSA) is 91.0 Å². The molecule has 1 fully saturated rings. The molecule has 1 unspecified atom stereocenters. The van der Waals surface area contributed by atoms with Gasteiger partial charge in [-0.05, 0) is 5.21 Å². The molecule has 0 saturated carbocycles. The Morgan fingerprint density at radius 1 is 1.45 bits per heavy atom. The van der Waals surface area contributed by atoms with Crippen molar-refractivity contribution in [3.63, 3.8) is 0 Å². The predicted molar refractivity (Wildman–Crippen MR) is 66.6 cm³/mol. The summed E-state index contributed by atoms with van der Waals surface area (Å²) < 4.78 is 7.35. The van der Waals surface area contributed by atoms with E-state index in [-0.39, 0.29) is 12.0 Å². The Kier molecular flexibility index (Phi) is 3.18. The van der Waals surface area contributed by atoms with Crippen LogP contribution >= 0.6 is 0 Å². The van der Waals surface area contributed by atoms with Crippen molar-refractivity contribution >= 4 is 5.91 Å². The van der Waals surface area contributed by atoms with E-state index < -0.39 is 0 Å². The van der Waals surface area contributed by atoms with Gasteiger partial charge in [-0.1, -0.05) is 0 Å². The number of hydrogen-bond acceptors (Lipinski definition) is 6. The Bertz CT molecular complexity index is 620. The van der Waals surface area contributed by atoms with Crippen LogP contribution in [0.4, 0.5) is 0 Å². The highest BCUT2D eigenvalue weighted by Gasteiger charge is 2.29. The van der Waals surface area contributed by atoms with E-state index in [1.807, 2.05) is 7.05 Å². The van der Waals surface area contributed by atoms with Crippen molar-refractivity contribution in [2.45, 2.75) is 6.10 Å². The molecule has 9 heteroatoms. The largest absolute Gasteiger partial charge is 0.366 e. The zero-order chi connectivity index (χ0) is 14.1. The molecule has 1 atom stereocenters. The van der Waals surface area contributed by atoms with E-state index in [9.17, 15) is 4.79 Å². The van der Waals surface area contributed by atoms with Gasteiger partial charge in [0.15, 0.2) is 0 Å². The number of tetrazole rings is 1. The van der Waals surface area contributed by atoms with E-state index in [0.29, 0.717) is 31.2 Å². The first kappa shape index (κ1) is 12.7. The number of nitrogens with zero attached hydrogens (tertiary/aromatic N) is 7. The number of hydrogen-bond donors (Lipinski definition) is 0. The summed E-state index contributed by atoms with van der Waals surface area (Å²) in [4.78, 5) is 19.5. The van der Waals surface area contributed by atoms with Crippen LogP contribution in [0, 0.1) is 0 Å². The van der Waals surface area contributed by atoms with E-state index in [2.05, 4.69) is 20.4 Å². The van der Waals surface area contributed by atoms with Crippen LogP contribution in [0.1, 0.15) is 22.4 Å². The van der Waals surface area contributed by atoms with Crippen LogP contribution < -0.4 is 0 Å². The molecule has 1 amide bonds. The van der Waals surface area contributed by atoms with E-state index in [0.717, 1.165) is 0 Å². The molecule has 1 saturated heterocycles. The summed E-state index contributed by atoms with van der Waals surface area (Å²) in [6.07, 6.45) is 2.97. The summed E-state index contributed by atoms with van der Waals surface area (Å²) >= 11 is 0. The zero-order valence-electron chi connectivity index (χ0n) is 11.3. The Labute approximate surface area is 115 Å². The van der Waals surface area contributed by atoms with Gasteiger partial charge in [0.2, 0.25) is 5.82 Å². The van der Waals surface area contributed by atoms with Crippen LogP contribution in [0.5, 0.6) is 0 Å². The van der Waals surface area contributed by atoms with Crippen molar-refractivity contribution < 1.29 is 9.53 Å². The first-order valence-corrected chi connectivity index (χ1v) is 6.26. The SMILES string of the molecule is Cn1cnc(C(=O)N2CCOC(c3nnn(C)n3)C2)c1. The Hall–Kier alpha value is -2.29. The van der Waals surface area contributed by atoms with E-state index in [4.69, 9.17) is 4.74 Å². The van der Waals surface area contributed by atoms with Crippen molar-refractivity contribution in [3.05, 3.63) is 24.0 Å². The molecule has 2 aromatic heterocycles. The van der Waals surface area contributed by atoms with Crippen LogP contribution in [-0.2, 0) is 18.8 Å². The molecule has 9 nitrogen and oxygen atoms in total. The number of carbonyl (C=O) groups is 1. The predicted octanol–water partition coefficient (Wildman–Crippen LogP) is -0.843. The molecule has 1 aliphatic rings. The fourth-order valence-corrected chi connectivity index (χ4v) is 2.10. The normalized spacial score (nSPS) is 19.3. The molecule has 0 radical (unpaired) electrons. The minimum atomic E-state index is -0.342. The molecular weight excluding hydrogens is 262 g/mol. The lowest BCUT2D eigenvalue weighted by atomic mass is 10.2. The smallest absolute Gasteiger partial charge is 0.274 e. The minimum absolute atomic E-state index is 0.109. The number of morpholine rings is 1. The van der Waals surface area contributed by atoms with Crippen molar-refractivity contribution in [1.82, 2.24) is 34.7 Å². The number of carbonyl (C=O) groups excluding carboxylic acids is 1. The van der Waals surface area contributed by atoms with Crippen LogP contribution in [0.15, 0.2) is 12.5 Å². The van der Waals surface area contributed by atoms with Gasteiger partial charge in [-0.15, -0.1) is 10.2 Å². The van der Waals surface area contributed by atoms with Crippen LogP contribution in [0.3, 0.4) is 0 Å². The molecule has 0 N–H and O–H groups in total. The molecule has 106 valence electrons. The van der Waals surface area contributed by atoms with Gasteiger partial charge in [0, 0.05) is 19.8 Å². The highest BCUT2D eigenvalue weighted by Crippen LogP contribution is 2.19. The third-order valence-corrected chi connectivity index (χ3v) is 3.09. The fraction of sp³-hybridized carbons (Fsp3) is 0.545. The molecule has 2 aromatic rings. The van der Waals surface area contributed by atoms with Gasteiger partial charge in [0.05, 0.1) is 26.5 Å². The van der Waals surface area contributed by atoms with Gasteiger partial charge in [-0.25, -0.2) is 4.98 Å². The third kappa shape index (κ3) is 2.39. The molecule has 3 heterocycles. The summed E-state index contributed by atoms with van der Waals surface area (Å²) in [5, 5.41) is 11.8. The molecular formula is C11H15N7O2. The maximum Gasteiger partial charge on any atom is 0.274 e. The number of imidazole rings is 1. The first-order valence-electron chi connectivity index (χ1n) is 6.26. The molecule has 0 aromatic carbocycles. The second-order valence-electron chi connectivity index (χ2n) is 4.67. The number of aryl methyl sites for hydroxylation is 2. The summed E-state index contributed by atoms with van der Waals surface area (Å²) in [6.45, 7) is 1.38. The third-order valence-electron chi connectivity index (χ3n) is 3.09. The quantitative estimate of drug-likeness (QED) is 0.710. The standard InChI is InChI=1S/C11H15N7O2/c1-16-5-8(12-7-16)11(19)18-3-4-20-9(6-18)10-13-15-17(2)14-10/h5,7,9H,3-4,6H2,1-2H3. The zero-order valence-corrected chi connectivity index (χ0v) is 11.3. The van der Waals surface area contributed by atoms with Crippen LogP contribution in [0.2, 0.25) is 0 Å². The maximum atomic E-state index is 12.3. The second kappa shape index (κ2) is 5.00. The van der Waals surface area contributed by atoms with Gasteiger partial charge in [-0.2, -0.15) is 4.80 Å². The minimum Gasteiger partial charge on any atom is -0.366 e. The highest BCUT2D eigenvalue weighted by molar-refractivity contribution is 5.92. The Balaban J connectivity index is 1.73. The van der Waals surface area contributed by atoms with Gasteiger partial charge in [0.25, 0.3) is 5.91 Å². The number of amides is 1. The van der Waals surface area contributed by atoms with Gasteiger partial charge >= 0.3 is 0 Å². The highest BCUT2D eigenvalue weighted by atomic mass is 16.5. The van der Waals surface area contributed by atoms with Crippen LogP contribution in [0.25, 0.3) is 0 Å². The van der Waals surface area contributed by atoms with Crippen molar-refractivity contribution in [3.8, 4) is 0 Å². The van der Waals surface area contributed by atoms with Crippen molar-refractivity contribution in [1.29, 1.82) is 0 Å². The fourth-order valence-electron chi connectivity index (χ4n) is 2.10. The van der Waals surface area contributed by atoms with Gasteiger partial charge < -0.3 is 14.2 Å². The van der Waals surface area contributed by atoms with Gasteiger partial charge in [-0.3, -0.25) is 4.79 Å². The lowest BCUT2D eigenvalue weighted by Gasteiger charge is -2.30. The maximum absolute atomic E-state index is 12.3. The van der Waals surface area contributed by atoms with E-state index in [1.54, 1.807) is 29.0 Å². The molecule has 0 aliphatic carbocycles. The average Bonchev–Trinajstić information content (AvgIpc) is 3.07. The molecule has 0 spiro atoms. The monoisotopic (exact) mass is 277 g/mol. The summed E-state index contributed by atoms with van der Waals surface area (Å²) in [6, 6.07) is 0. The first-order chi connectivity index (χ1) is 9.63. The lowest BCUT2D eigenvalue weighted by molar-refractivity contribution is -0.0270. The number of ether oxygens (including phenoxy) is 1. The van der Waals surface area contributed by atoms with E-state index in [1.165, 1.54) is 4.80 Å². The molecule has 20 heavy (non-hydrogen) atoms. The van der Waals surface area contributed by atoms with Crippen LogP contribution in [-0.4, -0.2) is 60.3 Å². The summed E-state index contributed by atoms with van der Waals surface area (Å²) in [5.74, 6) is 0.383. The van der Waals surface area contributed by atoms with Gasteiger partial charge in [0.1, 0.15) is 11.8 Å². The average molecular weight is 277 g/mol. The van der Waals surface area contributed by atoms with E-state index >= 15 is 0 Å². The molecule has 1 aliphatic heterocycles. The number of rotatable bonds is 2. The summed E-state index contributed by atoms with van der Waals surface area (Å²) in [7, 11) is 3.52. The van der Waals surface area contributed by atoms with Crippen molar-refractivity contribution in [2.75, 3.05) is 19.7 Å². The Morgan fingerprint density at radius 3 is 2.95 bits per heavy atom. The second-order valence-corrected chi connectivity index (χ2v) is 4.67. The Morgan fingerprint density at radius 2 is 2.30 bits per heavy atom. The lowest BCUT2D eigenvalue weighted by Crippen LogP contribution is -2.42. The molecule has 3 rings (SSSR count). The summed E-state index contributed by atoms with van der Waals surface area (Å²) in [5.41, 5.74) is 0.431. The number of aromatic nitrogens is 6.